The first-order chi connectivity index (χ1) is 10.7. The molecule has 0 radical (unpaired) electrons. The van der Waals surface area contributed by atoms with Gasteiger partial charge in [-0.3, -0.25) is 4.79 Å². The second kappa shape index (κ2) is 6.41. The van der Waals surface area contributed by atoms with E-state index >= 15 is 0 Å². The van der Waals surface area contributed by atoms with Gasteiger partial charge in [-0.25, -0.2) is 4.79 Å². The highest BCUT2D eigenvalue weighted by Gasteiger charge is 2.17. The van der Waals surface area contributed by atoms with Crippen molar-refractivity contribution in [1.82, 2.24) is 0 Å². The van der Waals surface area contributed by atoms with Crippen molar-refractivity contribution in [2.75, 3.05) is 6.61 Å². The summed E-state index contributed by atoms with van der Waals surface area (Å²) < 4.78 is 10.9. The third kappa shape index (κ3) is 4.09. The Kier molecular flexibility index (Phi) is 4.73. The smallest absolute Gasteiger partial charge is 0.344 e. The molecule has 0 heterocycles. The van der Waals surface area contributed by atoms with Crippen molar-refractivity contribution in [2.45, 2.75) is 40.2 Å². The summed E-state index contributed by atoms with van der Waals surface area (Å²) in [5.74, 6) is 0.150. The molecule has 0 saturated heterocycles. The van der Waals surface area contributed by atoms with Crippen LogP contribution < -0.4 is 4.74 Å². The number of rotatable bonds is 4. The van der Waals surface area contributed by atoms with Crippen molar-refractivity contribution >= 4 is 22.5 Å². The number of aryl methyl sites for hydroxylation is 1. The Labute approximate surface area is 136 Å². The van der Waals surface area contributed by atoms with Crippen LogP contribution in [0, 0.1) is 6.92 Å². The molecule has 0 aliphatic rings. The van der Waals surface area contributed by atoms with E-state index in [0.717, 1.165) is 16.3 Å². The molecule has 2 aromatic rings. The lowest BCUT2D eigenvalue weighted by atomic mass is 9.97. The van der Waals surface area contributed by atoms with Crippen LogP contribution in [0.4, 0.5) is 0 Å². The fraction of sp³-hybridized carbons (Fsp3) is 0.368. The number of carbonyl (C=O) groups excluding carboxylic acids is 2. The first-order valence-electron chi connectivity index (χ1n) is 7.57. The summed E-state index contributed by atoms with van der Waals surface area (Å²) in [5, 5.41) is 1.68. The Bertz CT molecular complexity index is 754. The maximum Gasteiger partial charge on any atom is 0.344 e. The summed E-state index contributed by atoms with van der Waals surface area (Å²) in [5.41, 5.74) is 1.11. The van der Waals surface area contributed by atoms with Crippen molar-refractivity contribution in [3.63, 3.8) is 0 Å². The van der Waals surface area contributed by atoms with Crippen LogP contribution in [0.3, 0.4) is 0 Å². The number of ether oxygens (including phenoxy) is 2. The van der Waals surface area contributed by atoms with Gasteiger partial charge in [-0.2, -0.15) is 0 Å². The summed E-state index contributed by atoms with van der Waals surface area (Å²) in [4.78, 5) is 23.6. The van der Waals surface area contributed by atoms with Gasteiger partial charge in [0.25, 0.3) is 0 Å². The van der Waals surface area contributed by atoms with E-state index in [9.17, 15) is 9.59 Å². The summed E-state index contributed by atoms with van der Waals surface area (Å²) >= 11 is 0. The minimum absolute atomic E-state index is 0.00277. The van der Waals surface area contributed by atoms with Gasteiger partial charge in [0.2, 0.25) is 0 Å². The first-order valence-corrected chi connectivity index (χ1v) is 7.57. The van der Waals surface area contributed by atoms with E-state index in [-0.39, 0.29) is 12.4 Å². The van der Waals surface area contributed by atoms with Crippen LogP contribution in [-0.2, 0) is 9.53 Å². The average Bonchev–Trinajstić information content (AvgIpc) is 2.44. The summed E-state index contributed by atoms with van der Waals surface area (Å²) in [6.45, 7) is 8.76. The van der Waals surface area contributed by atoms with Gasteiger partial charge >= 0.3 is 5.97 Å². The molecule has 2 aromatic carbocycles. The molecule has 0 saturated carbocycles. The van der Waals surface area contributed by atoms with E-state index < -0.39 is 11.6 Å². The van der Waals surface area contributed by atoms with Crippen LogP contribution >= 0.6 is 0 Å². The number of hydrogen-bond donors (Lipinski definition) is 0. The number of esters is 1. The SMILES string of the molecule is CC(=O)c1cccc2c(OCC(=O)OC(C)(C)C)ccc(C)c12. The van der Waals surface area contributed by atoms with Crippen LogP contribution in [0.25, 0.3) is 10.8 Å². The van der Waals surface area contributed by atoms with Crippen molar-refractivity contribution in [3.8, 4) is 5.75 Å². The van der Waals surface area contributed by atoms with Crippen molar-refractivity contribution in [2.24, 2.45) is 0 Å². The Balaban J connectivity index is 2.32. The van der Waals surface area contributed by atoms with Gasteiger partial charge < -0.3 is 9.47 Å². The monoisotopic (exact) mass is 314 g/mol. The van der Waals surface area contributed by atoms with E-state index in [1.807, 2.05) is 52.0 Å². The van der Waals surface area contributed by atoms with Crippen LogP contribution in [-0.4, -0.2) is 24.0 Å². The Morgan fingerprint density at radius 1 is 1.09 bits per heavy atom. The second-order valence-electron chi connectivity index (χ2n) is 6.54. The minimum Gasteiger partial charge on any atom is -0.481 e. The van der Waals surface area contributed by atoms with Crippen LogP contribution in [0.15, 0.2) is 30.3 Å². The second-order valence-corrected chi connectivity index (χ2v) is 6.54. The van der Waals surface area contributed by atoms with E-state index in [2.05, 4.69) is 0 Å². The average molecular weight is 314 g/mol. The van der Waals surface area contributed by atoms with E-state index in [1.165, 1.54) is 0 Å². The number of carbonyl (C=O) groups is 2. The highest BCUT2D eigenvalue weighted by atomic mass is 16.6. The molecule has 23 heavy (non-hydrogen) atoms. The van der Waals surface area contributed by atoms with E-state index in [4.69, 9.17) is 9.47 Å². The molecule has 0 fully saturated rings. The molecule has 0 N–H and O–H groups in total. The van der Waals surface area contributed by atoms with Gasteiger partial charge in [-0.1, -0.05) is 24.3 Å². The van der Waals surface area contributed by atoms with Crippen molar-refractivity contribution in [1.29, 1.82) is 0 Å². The Hall–Kier alpha value is -2.36. The summed E-state index contributed by atoms with van der Waals surface area (Å²) in [6.07, 6.45) is 0. The highest BCUT2D eigenvalue weighted by Crippen LogP contribution is 2.31. The highest BCUT2D eigenvalue weighted by molar-refractivity contribution is 6.09. The van der Waals surface area contributed by atoms with Gasteiger partial charge in [0.15, 0.2) is 12.4 Å². The number of benzene rings is 2. The largest absolute Gasteiger partial charge is 0.481 e. The number of fused-ring (bicyclic) bond motifs is 1. The molecule has 0 aromatic heterocycles. The minimum atomic E-state index is -0.544. The zero-order valence-electron chi connectivity index (χ0n) is 14.2. The lowest BCUT2D eigenvalue weighted by molar-refractivity contribution is -0.157. The first kappa shape index (κ1) is 17.0. The maximum absolute atomic E-state index is 11.8. The molecule has 0 aliphatic carbocycles. The van der Waals surface area contributed by atoms with Crippen molar-refractivity contribution in [3.05, 3.63) is 41.5 Å². The molecule has 2 rings (SSSR count). The van der Waals surface area contributed by atoms with Gasteiger partial charge in [0, 0.05) is 10.9 Å². The predicted molar refractivity (Wildman–Crippen MR) is 90.0 cm³/mol. The molecule has 0 amide bonds. The van der Waals surface area contributed by atoms with Crippen LogP contribution in [0.1, 0.15) is 43.6 Å². The third-order valence-electron chi connectivity index (χ3n) is 3.35. The maximum atomic E-state index is 11.8. The standard InChI is InChI=1S/C19H22O4/c1-12-9-10-16(22-11-17(21)23-19(3,4)5)15-8-6-7-14(13(2)20)18(12)15/h6-10H,11H2,1-5H3. The van der Waals surface area contributed by atoms with Gasteiger partial charge in [-0.15, -0.1) is 0 Å². The van der Waals surface area contributed by atoms with Crippen LogP contribution in [0.2, 0.25) is 0 Å². The normalized spacial score (nSPS) is 11.3. The van der Waals surface area contributed by atoms with E-state index in [0.29, 0.717) is 11.3 Å². The molecule has 4 heteroatoms. The molecule has 0 spiro atoms. The molecule has 0 aliphatic heterocycles. The van der Waals surface area contributed by atoms with Gasteiger partial charge in [-0.05, 0) is 51.6 Å². The van der Waals surface area contributed by atoms with Gasteiger partial charge in [0.1, 0.15) is 11.4 Å². The molecule has 122 valence electrons. The summed E-state index contributed by atoms with van der Waals surface area (Å²) in [7, 11) is 0. The van der Waals surface area contributed by atoms with Crippen molar-refractivity contribution < 1.29 is 19.1 Å². The Morgan fingerprint density at radius 2 is 1.78 bits per heavy atom. The zero-order chi connectivity index (χ0) is 17.2. The summed E-state index contributed by atoms with van der Waals surface area (Å²) in [6, 6.07) is 9.21. The molecule has 0 atom stereocenters. The Morgan fingerprint density at radius 3 is 2.39 bits per heavy atom. The molecule has 0 bridgehead atoms. The lowest BCUT2D eigenvalue weighted by Crippen LogP contribution is -2.27. The fourth-order valence-electron chi connectivity index (χ4n) is 2.48. The number of hydrogen-bond acceptors (Lipinski definition) is 4. The fourth-order valence-corrected chi connectivity index (χ4v) is 2.48. The topological polar surface area (TPSA) is 52.6 Å². The predicted octanol–water partition coefficient (Wildman–Crippen LogP) is 4.07. The third-order valence-corrected chi connectivity index (χ3v) is 3.35. The van der Waals surface area contributed by atoms with E-state index in [1.54, 1.807) is 13.0 Å². The van der Waals surface area contributed by atoms with Gasteiger partial charge in [0.05, 0.1) is 0 Å². The molecular formula is C19H22O4. The quantitative estimate of drug-likeness (QED) is 0.630. The molecular weight excluding hydrogens is 292 g/mol. The molecule has 0 unspecified atom stereocenters. The zero-order valence-corrected chi connectivity index (χ0v) is 14.2. The van der Waals surface area contributed by atoms with Crippen LogP contribution in [0.5, 0.6) is 5.75 Å². The lowest BCUT2D eigenvalue weighted by Gasteiger charge is -2.20. The number of Topliss-reactive ketones (excluding diaryl/α,β-unsaturated/α-hetero) is 1. The molecule has 4 nitrogen and oxygen atoms in total. The number of ketones is 1.